The van der Waals surface area contributed by atoms with Crippen molar-refractivity contribution in [2.24, 2.45) is 5.73 Å². The zero-order valence-electron chi connectivity index (χ0n) is 13.3. The summed E-state index contributed by atoms with van der Waals surface area (Å²) < 4.78 is 5.54. The average Bonchev–Trinajstić information content (AvgIpc) is 3.09. The maximum Gasteiger partial charge on any atom is 0.316 e. The minimum Gasteiger partial charge on any atom is -0.411 e. The molecule has 3 rings (SSSR count). The van der Waals surface area contributed by atoms with E-state index in [2.05, 4.69) is 15.5 Å². The number of nitrogens with one attached hydrogen (secondary N) is 1. The van der Waals surface area contributed by atoms with E-state index in [9.17, 15) is 9.59 Å². The zero-order valence-corrected chi connectivity index (χ0v) is 14.9. The highest BCUT2D eigenvalue weighted by Crippen LogP contribution is 2.25. The number of anilines is 1. The maximum atomic E-state index is 12.2. The number of hydrogen-bond acceptors (Lipinski definition) is 6. The Morgan fingerprint density at radius 3 is 2.62 bits per heavy atom. The molecule has 2 amide bonds. The maximum absolute atomic E-state index is 12.2. The quantitative estimate of drug-likeness (QED) is 0.490. The number of aromatic nitrogens is 2. The van der Waals surface area contributed by atoms with Gasteiger partial charge in [0, 0.05) is 21.8 Å². The summed E-state index contributed by atoms with van der Waals surface area (Å²) in [7, 11) is 0. The Labute approximate surface area is 157 Å². The lowest BCUT2D eigenvalue weighted by Crippen LogP contribution is -2.19. The summed E-state index contributed by atoms with van der Waals surface area (Å²) in [6.45, 7) is 0. The van der Waals surface area contributed by atoms with Crippen molar-refractivity contribution in [3.63, 3.8) is 0 Å². The zero-order chi connectivity index (χ0) is 18.5. The third-order valence-electron chi connectivity index (χ3n) is 3.28. The van der Waals surface area contributed by atoms with Crippen LogP contribution in [0, 0.1) is 0 Å². The van der Waals surface area contributed by atoms with Crippen LogP contribution in [0.25, 0.3) is 11.5 Å². The van der Waals surface area contributed by atoms with Crippen LogP contribution in [-0.4, -0.2) is 27.8 Å². The molecule has 3 N–H and O–H groups in total. The number of nitrogens with two attached hydrogens (primary N) is 1. The molecule has 3 aromatic rings. The van der Waals surface area contributed by atoms with Crippen LogP contribution >= 0.6 is 23.4 Å². The van der Waals surface area contributed by atoms with Crippen LogP contribution in [0.3, 0.4) is 0 Å². The van der Waals surface area contributed by atoms with E-state index in [-0.39, 0.29) is 11.5 Å². The highest BCUT2D eigenvalue weighted by molar-refractivity contribution is 7.99. The molecule has 0 aliphatic heterocycles. The number of nitrogens with zero attached hydrogens (tertiary/aromatic N) is 2. The fraction of sp³-hybridized carbons (Fsp3) is 0.0588. The summed E-state index contributed by atoms with van der Waals surface area (Å²) in [6, 6.07) is 12.8. The van der Waals surface area contributed by atoms with Gasteiger partial charge in [0.05, 0.1) is 5.75 Å². The largest absolute Gasteiger partial charge is 0.411 e. The Hall–Kier alpha value is -2.84. The fourth-order valence-electron chi connectivity index (χ4n) is 2.10. The minimum atomic E-state index is -0.661. The van der Waals surface area contributed by atoms with E-state index in [1.807, 2.05) is 0 Å². The number of benzene rings is 2. The number of carbonyl (C=O) groups excluding carboxylic acids is 2. The third-order valence-corrected chi connectivity index (χ3v) is 4.33. The fourth-order valence-corrected chi connectivity index (χ4v) is 2.95. The molecule has 0 atom stereocenters. The van der Waals surface area contributed by atoms with Crippen molar-refractivity contribution in [3.05, 3.63) is 59.1 Å². The number of urea groups is 1. The summed E-state index contributed by atoms with van der Waals surface area (Å²) in [5.41, 5.74) is 6.76. The first kappa shape index (κ1) is 18.0. The number of rotatable bonds is 6. The van der Waals surface area contributed by atoms with Gasteiger partial charge in [0.25, 0.3) is 5.22 Å². The van der Waals surface area contributed by atoms with E-state index >= 15 is 0 Å². The summed E-state index contributed by atoms with van der Waals surface area (Å²) in [5, 5.41) is 11.2. The lowest BCUT2D eigenvalue weighted by molar-refractivity contribution is 0.102. The van der Waals surface area contributed by atoms with Crippen LogP contribution in [0.5, 0.6) is 0 Å². The molecule has 1 aromatic heterocycles. The van der Waals surface area contributed by atoms with E-state index in [0.717, 1.165) is 11.8 Å². The molecule has 0 radical (unpaired) electrons. The topological polar surface area (TPSA) is 111 Å². The molecule has 0 bridgehead atoms. The van der Waals surface area contributed by atoms with Crippen molar-refractivity contribution < 1.29 is 14.0 Å². The van der Waals surface area contributed by atoms with Crippen molar-refractivity contribution in [3.8, 4) is 11.5 Å². The molecule has 7 nitrogen and oxygen atoms in total. The highest BCUT2D eigenvalue weighted by Gasteiger charge is 2.13. The van der Waals surface area contributed by atoms with Gasteiger partial charge in [-0.05, 0) is 42.5 Å². The van der Waals surface area contributed by atoms with E-state index in [4.69, 9.17) is 21.8 Å². The van der Waals surface area contributed by atoms with E-state index < -0.39 is 6.03 Å². The number of ketones is 1. The number of Topliss-reactive ketones (excluding diaryl/α,β-unsaturated/α-hetero) is 1. The Balaban J connectivity index is 1.60. The Morgan fingerprint density at radius 1 is 1.15 bits per heavy atom. The van der Waals surface area contributed by atoms with Crippen LogP contribution in [0.15, 0.2) is 58.2 Å². The van der Waals surface area contributed by atoms with Gasteiger partial charge in [-0.3, -0.25) is 4.79 Å². The first-order valence-electron chi connectivity index (χ1n) is 7.43. The monoisotopic (exact) mass is 388 g/mol. The van der Waals surface area contributed by atoms with Crippen LogP contribution < -0.4 is 11.1 Å². The molecule has 0 unspecified atom stereocenters. The molecule has 26 heavy (non-hydrogen) atoms. The lowest BCUT2D eigenvalue weighted by atomic mass is 10.1. The predicted molar refractivity (Wildman–Crippen MR) is 99.4 cm³/mol. The predicted octanol–water partition coefficient (Wildman–Crippen LogP) is 3.86. The second-order valence-electron chi connectivity index (χ2n) is 5.16. The number of thioether (sulfide) groups is 1. The van der Waals surface area contributed by atoms with Crippen molar-refractivity contribution in [2.45, 2.75) is 5.22 Å². The second-order valence-corrected chi connectivity index (χ2v) is 6.52. The molecule has 0 saturated carbocycles. The molecule has 0 saturated heterocycles. The molecule has 0 aliphatic rings. The van der Waals surface area contributed by atoms with Gasteiger partial charge in [0.15, 0.2) is 5.78 Å². The molecule has 132 valence electrons. The normalized spacial score (nSPS) is 10.5. The smallest absolute Gasteiger partial charge is 0.316 e. The van der Waals surface area contributed by atoms with Crippen molar-refractivity contribution in [1.29, 1.82) is 0 Å². The molecule has 2 aromatic carbocycles. The molecule has 0 spiro atoms. The van der Waals surface area contributed by atoms with Gasteiger partial charge in [0.1, 0.15) is 0 Å². The van der Waals surface area contributed by atoms with Gasteiger partial charge in [-0.15, -0.1) is 10.2 Å². The van der Waals surface area contributed by atoms with E-state index in [1.165, 1.54) is 0 Å². The number of carbonyl (C=O) groups is 2. The van der Waals surface area contributed by atoms with Gasteiger partial charge in [-0.1, -0.05) is 29.4 Å². The van der Waals surface area contributed by atoms with Gasteiger partial charge in [0.2, 0.25) is 5.89 Å². The molecular weight excluding hydrogens is 376 g/mol. The Bertz CT molecular complexity index is 943. The summed E-state index contributed by atoms with van der Waals surface area (Å²) in [6.07, 6.45) is 0. The van der Waals surface area contributed by atoms with Crippen LogP contribution in [0.4, 0.5) is 10.5 Å². The van der Waals surface area contributed by atoms with Crippen LogP contribution in [0.2, 0.25) is 5.02 Å². The van der Waals surface area contributed by atoms with Gasteiger partial charge in [-0.2, -0.15) is 0 Å². The van der Waals surface area contributed by atoms with Gasteiger partial charge in [-0.25, -0.2) is 4.79 Å². The molecule has 0 fully saturated rings. The van der Waals surface area contributed by atoms with Crippen molar-refractivity contribution >= 4 is 40.9 Å². The average molecular weight is 389 g/mol. The number of halogens is 1. The summed E-state index contributed by atoms with van der Waals surface area (Å²) in [5.74, 6) is 0.368. The first-order chi connectivity index (χ1) is 12.5. The molecule has 1 heterocycles. The number of hydrogen-bond donors (Lipinski definition) is 2. The molecular formula is C17H13ClN4O3S. The van der Waals surface area contributed by atoms with Crippen LogP contribution in [-0.2, 0) is 0 Å². The van der Waals surface area contributed by atoms with E-state index in [1.54, 1.807) is 48.5 Å². The van der Waals surface area contributed by atoms with Crippen molar-refractivity contribution in [1.82, 2.24) is 10.2 Å². The first-order valence-corrected chi connectivity index (χ1v) is 8.79. The Morgan fingerprint density at radius 2 is 1.92 bits per heavy atom. The van der Waals surface area contributed by atoms with E-state index in [0.29, 0.717) is 33.0 Å². The standard InChI is InChI=1S/C17H13ClN4O3S/c18-12-3-1-2-11(8-12)15-21-22-17(25-15)26-9-14(23)10-4-6-13(7-5-10)20-16(19)24/h1-8H,9H2,(H3,19,20,24). The second kappa shape index (κ2) is 8.03. The van der Waals surface area contributed by atoms with Gasteiger partial charge < -0.3 is 15.5 Å². The highest BCUT2D eigenvalue weighted by atomic mass is 35.5. The molecule has 0 aliphatic carbocycles. The number of amides is 2. The lowest BCUT2D eigenvalue weighted by Gasteiger charge is -2.03. The van der Waals surface area contributed by atoms with Gasteiger partial charge >= 0.3 is 6.03 Å². The van der Waals surface area contributed by atoms with Crippen LogP contribution in [0.1, 0.15) is 10.4 Å². The SMILES string of the molecule is NC(=O)Nc1ccc(C(=O)CSc2nnc(-c3cccc(Cl)c3)o2)cc1. The van der Waals surface area contributed by atoms with Crippen molar-refractivity contribution in [2.75, 3.05) is 11.1 Å². The molecule has 9 heteroatoms. The summed E-state index contributed by atoms with van der Waals surface area (Å²) in [4.78, 5) is 23.0. The Kier molecular flexibility index (Phi) is 5.55. The minimum absolute atomic E-state index is 0.108. The number of primary amides is 1. The third kappa shape index (κ3) is 4.62. The summed E-state index contributed by atoms with van der Waals surface area (Å²) >= 11 is 7.09.